The fourth-order valence-electron chi connectivity index (χ4n) is 2.05. The predicted octanol–water partition coefficient (Wildman–Crippen LogP) is 3.53. The molecule has 0 aliphatic rings. The van der Waals surface area contributed by atoms with Gasteiger partial charge in [-0.1, -0.05) is 18.2 Å². The van der Waals surface area contributed by atoms with Crippen LogP contribution in [0.4, 0.5) is 10.2 Å². The van der Waals surface area contributed by atoms with Gasteiger partial charge in [0.2, 0.25) is 0 Å². The summed E-state index contributed by atoms with van der Waals surface area (Å²) < 4.78 is 13.3. The van der Waals surface area contributed by atoms with Crippen LogP contribution in [0.1, 0.15) is 0 Å². The Balaban J connectivity index is 2.12. The summed E-state index contributed by atoms with van der Waals surface area (Å²) in [5.41, 5.74) is 9.18. The number of benzene rings is 1. The quantitative estimate of drug-likeness (QED) is 0.771. The minimum atomic E-state index is -0.276. The topological polar surface area (TPSA) is 51.8 Å². The molecule has 1 aromatic carbocycles. The van der Waals surface area contributed by atoms with E-state index in [1.165, 1.54) is 12.1 Å². The van der Waals surface area contributed by atoms with Crippen molar-refractivity contribution in [2.24, 2.45) is 0 Å². The van der Waals surface area contributed by atoms with Gasteiger partial charge in [0, 0.05) is 35.3 Å². The zero-order chi connectivity index (χ0) is 13.9. The molecular weight excluding hydrogens is 253 g/mol. The summed E-state index contributed by atoms with van der Waals surface area (Å²) in [6, 6.07) is 12.0. The van der Waals surface area contributed by atoms with E-state index < -0.39 is 0 Å². The number of nitrogen functional groups attached to an aromatic ring is 1. The van der Waals surface area contributed by atoms with E-state index in [1.807, 2.05) is 24.3 Å². The molecule has 0 aliphatic carbocycles. The number of nitrogens with two attached hydrogens (primary N) is 1. The first-order valence-electron chi connectivity index (χ1n) is 6.16. The van der Waals surface area contributed by atoms with Crippen LogP contribution in [0.5, 0.6) is 0 Å². The molecule has 0 saturated carbocycles. The largest absolute Gasteiger partial charge is 0.383 e. The highest BCUT2D eigenvalue weighted by atomic mass is 19.1. The van der Waals surface area contributed by atoms with E-state index in [0.29, 0.717) is 5.82 Å². The molecule has 98 valence electrons. The highest BCUT2D eigenvalue weighted by molar-refractivity contribution is 5.78. The van der Waals surface area contributed by atoms with E-state index in [1.54, 1.807) is 24.7 Å². The molecule has 2 N–H and O–H groups in total. The molecule has 0 bridgehead atoms. The average Bonchev–Trinajstić information content (AvgIpc) is 2.48. The van der Waals surface area contributed by atoms with Crippen molar-refractivity contribution in [2.75, 3.05) is 5.73 Å². The van der Waals surface area contributed by atoms with Crippen LogP contribution < -0.4 is 5.73 Å². The summed E-state index contributed by atoms with van der Waals surface area (Å²) in [5.74, 6) is 0.153. The van der Waals surface area contributed by atoms with Gasteiger partial charge < -0.3 is 5.73 Å². The van der Waals surface area contributed by atoms with Gasteiger partial charge in [-0.15, -0.1) is 0 Å². The normalized spacial score (nSPS) is 10.4. The molecule has 20 heavy (non-hydrogen) atoms. The maximum absolute atomic E-state index is 13.3. The van der Waals surface area contributed by atoms with E-state index in [2.05, 4.69) is 9.97 Å². The highest BCUT2D eigenvalue weighted by Crippen LogP contribution is 2.29. The van der Waals surface area contributed by atoms with Crippen LogP contribution in [0.25, 0.3) is 22.3 Å². The first-order valence-corrected chi connectivity index (χ1v) is 6.16. The monoisotopic (exact) mass is 265 g/mol. The van der Waals surface area contributed by atoms with Gasteiger partial charge in [0.05, 0.1) is 0 Å². The molecule has 0 unspecified atom stereocenters. The summed E-state index contributed by atoms with van der Waals surface area (Å²) in [7, 11) is 0. The number of rotatable bonds is 2. The van der Waals surface area contributed by atoms with Gasteiger partial charge in [-0.05, 0) is 29.8 Å². The van der Waals surface area contributed by atoms with Crippen LogP contribution in [-0.2, 0) is 0 Å². The third-order valence-electron chi connectivity index (χ3n) is 3.05. The van der Waals surface area contributed by atoms with Gasteiger partial charge >= 0.3 is 0 Å². The minimum absolute atomic E-state index is 0.276. The third-order valence-corrected chi connectivity index (χ3v) is 3.05. The highest BCUT2D eigenvalue weighted by Gasteiger charge is 2.07. The zero-order valence-corrected chi connectivity index (χ0v) is 10.6. The molecule has 3 rings (SSSR count). The van der Waals surface area contributed by atoms with Crippen LogP contribution >= 0.6 is 0 Å². The van der Waals surface area contributed by atoms with Gasteiger partial charge in [0.25, 0.3) is 0 Å². The maximum Gasteiger partial charge on any atom is 0.131 e. The van der Waals surface area contributed by atoms with Gasteiger partial charge in [-0.2, -0.15) is 0 Å². The molecule has 4 heteroatoms. The van der Waals surface area contributed by atoms with Crippen LogP contribution in [0, 0.1) is 5.82 Å². The Bertz CT molecular complexity index is 742. The smallest absolute Gasteiger partial charge is 0.131 e. The second-order valence-electron chi connectivity index (χ2n) is 4.41. The van der Waals surface area contributed by atoms with Crippen molar-refractivity contribution in [1.82, 2.24) is 9.97 Å². The Morgan fingerprint density at radius 3 is 2.50 bits per heavy atom. The van der Waals surface area contributed by atoms with Crippen molar-refractivity contribution in [2.45, 2.75) is 0 Å². The molecule has 0 saturated heterocycles. The molecule has 0 atom stereocenters. The summed E-state index contributed by atoms with van der Waals surface area (Å²) in [6.45, 7) is 0. The van der Waals surface area contributed by atoms with Crippen molar-refractivity contribution in [3.63, 3.8) is 0 Å². The van der Waals surface area contributed by atoms with Crippen LogP contribution in [0.15, 0.2) is 61.1 Å². The van der Waals surface area contributed by atoms with Crippen molar-refractivity contribution in [3.8, 4) is 22.3 Å². The molecule has 3 nitrogen and oxygen atoms in total. The molecule has 0 aliphatic heterocycles. The predicted molar refractivity (Wildman–Crippen MR) is 77.3 cm³/mol. The second kappa shape index (κ2) is 5.09. The summed E-state index contributed by atoms with van der Waals surface area (Å²) in [6.07, 6.45) is 5.07. The Kier molecular flexibility index (Phi) is 3.13. The van der Waals surface area contributed by atoms with Crippen LogP contribution in [0.3, 0.4) is 0 Å². The molecular formula is C16H12FN3. The van der Waals surface area contributed by atoms with Gasteiger partial charge in [0.15, 0.2) is 0 Å². The third kappa shape index (κ3) is 2.36. The fourth-order valence-corrected chi connectivity index (χ4v) is 2.05. The minimum Gasteiger partial charge on any atom is -0.383 e. The summed E-state index contributed by atoms with van der Waals surface area (Å²) in [5, 5.41) is 0. The second-order valence-corrected chi connectivity index (χ2v) is 4.41. The zero-order valence-electron chi connectivity index (χ0n) is 10.6. The first-order chi connectivity index (χ1) is 9.74. The number of anilines is 1. The number of aromatic nitrogens is 2. The number of hydrogen-bond acceptors (Lipinski definition) is 3. The Hall–Kier alpha value is -2.75. The van der Waals surface area contributed by atoms with Crippen LogP contribution in [0.2, 0.25) is 0 Å². The maximum atomic E-state index is 13.3. The lowest BCUT2D eigenvalue weighted by Gasteiger charge is -2.08. The molecule has 2 aromatic heterocycles. The average molecular weight is 265 g/mol. The first kappa shape index (κ1) is 12.3. The summed E-state index contributed by atoms with van der Waals surface area (Å²) >= 11 is 0. The van der Waals surface area contributed by atoms with Crippen LogP contribution in [-0.4, -0.2) is 9.97 Å². The summed E-state index contributed by atoms with van der Waals surface area (Å²) in [4.78, 5) is 8.26. The van der Waals surface area contributed by atoms with Crippen molar-refractivity contribution in [1.29, 1.82) is 0 Å². The number of pyridine rings is 2. The Morgan fingerprint density at radius 2 is 1.75 bits per heavy atom. The van der Waals surface area contributed by atoms with Crippen molar-refractivity contribution in [3.05, 3.63) is 66.9 Å². The number of hydrogen-bond donors (Lipinski definition) is 1. The van der Waals surface area contributed by atoms with E-state index in [9.17, 15) is 4.39 Å². The van der Waals surface area contributed by atoms with E-state index in [-0.39, 0.29) is 5.82 Å². The molecule has 0 fully saturated rings. The Morgan fingerprint density at radius 1 is 0.900 bits per heavy atom. The lowest BCUT2D eigenvalue weighted by Crippen LogP contribution is -1.95. The standard InChI is InChI=1S/C16H12FN3/c17-14-5-1-3-11(7-14)13-8-15(16(18)20-10-13)12-4-2-6-19-9-12/h1-10H,(H2,18,20). The lowest BCUT2D eigenvalue weighted by atomic mass is 10.0. The Labute approximate surface area is 115 Å². The van der Waals surface area contributed by atoms with Gasteiger partial charge in [-0.3, -0.25) is 4.98 Å². The van der Waals surface area contributed by atoms with Crippen molar-refractivity contribution >= 4 is 5.82 Å². The molecule has 0 radical (unpaired) electrons. The van der Waals surface area contributed by atoms with Gasteiger partial charge in [0.1, 0.15) is 11.6 Å². The SMILES string of the molecule is Nc1ncc(-c2cccc(F)c2)cc1-c1cccnc1. The van der Waals surface area contributed by atoms with Gasteiger partial charge in [-0.25, -0.2) is 9.37 Å². The van der Waals surface area contributed by atoms with E-state index >= 15 is 0 Å². The molecule has 0 amide bonds. The molecule has 3 aromatic rings. The van der Waals surface area contributed by atoms with E-state index in [4.69, 9.17) is 5.73 Å². The van der Waals surface area contributed by atoms with E-state index in [0.717, 1.165) is 22.3 Å². The fraction of sp³-hybridized carbons (Fsp3) is 0. The molecule has 2 heterocycles. The molecule has 0 spiro atoms. The number of nitrogens with zero attached hydrogens (tertiary/aromatic N) is 2. The lowest BCUT2D eigenvalue weighted by molar-refractivity contribution is 0.628. The number of halogens is 1. The van der Waals surface area contributed by atoms with Crippen molar-refractivity contribution < 1.29 is 4.39 Å².